The van der Waals surface area contributed by atoms with Gasteiger partial charge in [-0.05, 0) is 25.7 Å². The molecule has 1 heterocycles. The van der Waals surface area contributed by atoms with Gasteiger partial charge in [0.05, 0.1) is 11.5 Å². The molecular weight excluding hydrogens is 220 g/mol. The van der Waals surface area contributed by atoms with Crippen molar-refractivity contribution in [2.75, 3.05) is 13.1 Å². The topological polar surface area (TPSA) is 83.6 Å². The maximum absolute atomic E-state index is 12.3. The summed E-state index contributed by atoms with van der Waals surface area (Å²) in [4.78, 5) is 24.8. The lowest BCUT2D eigenvalue weighted by atomic mass is 9.90. The second-order valence-electron chi connectivity index (χ2n) is 4.79. The molecule has 1 atom stereocenters. The van der Waals surface area contributed by atoms with Crippen molar-refractivity contribution < 1.29 is 14.7 Å². The van der Waals surface area contributed by atoms with Gasteiger partial charge in [0.15, 0.2) is 0 Å². The van der Waals surface area contributed by atoms with Crippen LogP contribution in [0, 0.1) is 5.92 Å². The summed E-state index contributed by atoms with van der Waals surface area (Å²) in [5.41, 5.74) is 5.22. The summed E-state index contributed by atoms with van der Waals surface area (Å²) in [6, 6.07) is 0. The predicted octanol–water partition coefficient (Wildman–Crippen LogP) is 0.827. The summed E-state index contributed by atoms with van der Waals surface area (Å²) < 4.78 is 0. The molecule has 3 N–H and O–H groups in total. The van der Waals surface area contributed by atoms with Crippen molar-refractivity contribution >= 4 is 11.9 Å². The molecule has 98 valence electrons. The first kappa shape index (κ1) is 14.0. The first-order chi connectivity index (χ1) is 7.94. The Bertz CT molecular complexity index is 300. The minimum atomic E-state index is -0.833. The summed E-state index contributed by atoms with van der Waals surface area (Å²) in [6.07, 6.45) is 2.55. The van der Waals surface area contributed by atoms with Crippen LogP contribution in [0.4, 0.5) is 0 Å². The average molecular weight is 242 g/mol. The second-order valence-corrected chi connectivity index (χ2v) is 4.79. The first-order valence-corrected chi connectivity index (χ1v) is 6.25. The van der Waals surface area contributed by atoms with Crippen molar-refractivity contribution in [1.29, 1.82) is 0 Å². The van der Waals surface area contributed by atoms with Crippen LogP contribution in [-0.4, -0.2) is 40.5 Å². The van der Waals surface area contributed by atoms with Gasteiger partial charge in [-0.1, -0.05) is 13.8 Å². The lowest BCUT2D eigenvalue weighted by Gasteiger charge is -2.37. The van der Waals surface area contributed by atoms with Gasteiger partial charge in [0.2, 0.25) is 5.91 Å². The molecule has 1 aliphatic rings. The Balaban J connectivity index is 2.72. The molecule has 0 spiro atoms. The Hall–Kier alpha value is -1.10. The fraction of sp³-hybridized carbons (Fsp3) is 0.833. The van der Waals surface area contributed by atoms with Crippen molar-refractivity contribution in [2.24, 2.45) is 11.7 Å². The summed E-state index contributed by atoms with van der Waals surface area (Å²) in [7, 11) is 0. The van der Waals surface area contributed by atoms with E-state index in [2.05, 4.69) is 0 Å². The molecule has 0 saturated carbocycles. The van der Waals surface area contributed by atoms with Crippen LogP contribution in [0.3, 0.4) is 0 Å². The normalized spacial score (nSPS) is 21.4. The fourth-order valence-electron chi connectivity index (χ4n) is 2.23. The largest absolute Gasteiger partial charge is 0.481 e. The number of carboxylic acids is 1. The van der Waals surface area contributed by atoms with Gasteiger partial charge in [0.1, 0.15) is 0 Å². The van der Waals surface area contributed by atoms with Crippen molar-refractivity contribution in [2.45, 2.75) is 45.1 Å². The standard InChI is InChI=1S/C12H22N2O3/c1-3-12(13,4-2)11(17)14-7-5-6-9(8-14)10(15)16/h9H,3-8,13H2,1-2H3,(H,15,16)/t9-/m0/s1. The monoisotopic (exact) mass is 242 g/mol. The molecule has 17 heavy (non-hydrogen) atoms. The first-order valence-electron chi connectivity index (χ1n) is 6.25. The van der Waals surface area contributed by atoms with E-state index in [4.69, 9.17) is 10.8 Å². The maximum Gasteiger partial charge on any atom is 0.308 e. The zero-order valence-corrected chi connectivity index (χ0v) is 10.6. The van der Waals surface area contributed by atoms with Gasteiger partial charge in [0.25, 0.3) is 0 Å². The fourth-order valence-corrected chi connectivity index (χ4v) is 2.23. The van der Waals surface area contributed by atoms with Crippen molar-refractivity contribution in [3.63, 3.8) is 0 Å². The number of hydrogen-bond acceptors (Lipinski definition) is 3. The highest BCUT2D eigenvalue weighted by atomic mass is 16.4. The third kappa shape index (κ3) is 2.97. The number of hydrogen-bond donors (Lipinski definition) is 2. The number of nitrogens with two attached hydrogens (primary N) is 1. The van der Waals surface area contributed by atoms with Crippen LogP contribution in [0.1, 0.15) is 39.5 Å². The summed E-state index contributed by atoms with van der Waals surface area (Å²) >= 11 is 0. The van der Waals surface area contributed by atoms with Gasteiger partial charge in [-0.2, -0.15) is 0 Å². The Morgan fingerprint density at radius 3 is 2.47 bits per heavy atom. The van der Waals surface area contributed by atoms with E-state index in [-0.39, 0.29) is 5.91 Å². The van der Waals surface area contributed by atoms with E-state index in [1.54, 1.807) is 4.90 Å². The zero-order valence-electron chi connectivity index (χ0n) is 10.6. The van der Waals surface area contributed by atoms with E-state index >= 15 is 0 Å². The summed E-state index contributed by atoms with van der Waals surface area (Å²) in [5.74, 6) is -1.36. The molecule has 0 aromatic carbocycles. The second kappa shape index (κ2) is 5.49. The zero-order chi connectivity index (χ0) is 13.1. The number of amides is 1. The van der Waals surface area contributed by atoms with E-state index in [0.29, 0.717) is 32.4 Å². The number of nitrogens with zero attached hydrogens (tertiary/aromatic N) is 1. The Kier molecular flexibility index (Phi) is 4.51. The quantitative estimate of drug-likeness (QED) is 0.764. The SMILES string of the molecule is CCC(N)(CC)C(=O)N1CCC[C@H](C(=O)O)C1. The molecular formula is C12H22N2O3. The smallest absolute Gasteiger partial charge is 0.308 e. The summed E-state index contributed by atoms with van der Waals surface area (Å²) in [5, 5.41) is 8.99. The number of piperidine rings is 1. The van der Waals surface area contributed by atoms with E-state index in [1.165, 1.54) is 0 Å². The van der Waals surface area contributed by atoms with Gasteiger partial charge in [0, 0.05) is 13.1 Å². The molecule has 5 heteroatoms. The highest BCUT2D eigenvalue weighted by Gasteiger charge is 2.37. The Morgan fingerprint density at radius 2 is 2.00 bits per heavy atom. The van der Waals surface area contributed by atoms with Crippen LogP contribution in [0.5, 0.6) is 0 Å². The Morgan fingerprint density at radius 1 is 1.41 bits per heavy atom. The number of carbonyl (C=O) groups is 2. The van der Waals surface area contributed by atoms with Gasteiger partial charge < -0.3 is 15.7 Å². The molecule has 0 unspecified atom stereocenters. The highest BCUT2D eigenvalue weighted by molar-refractivity contribution is 5.86. The molecule has 1 aliphatic heterocycles. The molecule has 1 saturated heterocycles. The van der Waals surface area contributed by atoms with Gasteiger partial charge in [-0.25, -0.2) is 0 Å². The van der Waals surface area contributed by atoms with E-state index in [9.17, 15) is 9.59 Å². The molecule has 1 fully saturated rings. The van der Waals surface area contributed by atoms with Gasteiger partial charge in [-0.3, -0.25) is 9.59 Å². The average Bonchev–Trinajstić information content (AvgIpc) is 2.37. The van der Waals surface area contributed by atoms with Crippen molar-refractivity contribution in [3.05, 3.63) is 0 Å². The molecule has 0 aliphatic carbocycles. The number of aliphatic carboxylic acids is 1. The van der Waals surface area contributed by atoms with E-state index < -0.39 is 17.4 Å². The third-order valence-electron chi connectivity index (χ3n) is 3.75. The number of carboxylic acid groups (broad SMARTS) is 1. The molecule has 0 bridgehead atoms. The lowest BCUT2D eigenvalue weighted by molar-refractivity contribution is -0.147. The van der Waals surface area contributed by atoms with Gasteiger partial charge >= 0.3 is 5.97 Å². The van der Waals surface area contributed by atoms with E-state index in [1.807, 2.05) is 13.8 Å². The van der Waals surface area contributed by atoms with Crippen LogP contribution in [0.15, 0.2) is 0 Å². The van der Waals surface area contributed by atoms with Crippen molar-refractivity contribution in [3.8, 4) is 0 Å². The van der Waals surface area contributed by atoms with Crippen LogP contribution in [-0.2, 0) is 9.59 Å². The number of rotatable bonds is 4. The van der Waals surface area contributed by atoms with Crippen LogP contribution in [0.2, 0.25) is 0 Å². The van der Waals surface area contributed by atoms with E-state index in [0.717, 1.165) is 6.42 Å². The third-order valence-corrected chi connectivity index (χ3v) is 3.75. The minimum Gasteiger partial charge on any atom is -0.481 e. The predicted molar refractivity (Wildman–Crippen MR) is 64.4 cm³/mol. The number of likely N-dealkylation sites (tertiary alicyclic amines) is 1. The number of carbonyl (C=O) groups excluding carboxylic acids is 1. The van der Waals surface area contributed by atoms with Crippen molar-refractivity contribution in [1.82, 2.24) is 4.90 Å². The summed E-state index contributed by atoms with van der Waals surface area (Å²) in [6.45, 7) is 4.70. The Labute approximate surface area is 102 Å². The molecule has 0 aromatic heterocycles. The molecule has 0 radical (unpaired) electrons. The van der Waals surface area contributed by atoms with Crippen LogP contribution in [0.25, 0.3) is 0 Å². The molecule has 1 rings (SSSR count). The van der Waals surface area contributed by atoms with Crippen LogP contribution >= 0.6 is 0 Å². The van der Waals surface area contributed by atoms with Gasteiger partial charge in [-0.15, -0.1) is 0 Å². The molecule has 0 aromatic rings. The lowest BCUT2D eigenvalue weighted by Crippen LogP contribution is -2.57. The molecule has 5 nitrogen and oxygen atoms in total. The van der Waals surface area contributed by atoms with Crippen LogP contribution < -0.4 is 5.73 Å². The minimum absolute atomic E-state index is 0.103. The maximum atomic E-state index is 12.3. The highest BCUT2D eigenvalue weighted by Crippen LogP contribution is 2.22. The molecule has 1 amide bonds.